The Morgan fingerprint density at radius 3 is 2.96 bits per heavy atom. The van der Waals surface area contributed by atoms with Crippen molar-refractivity contribution in [2.24, 2.45) is 0 Å². The fourth-order valence-corrected chi connectivity index (χ4v) is 4.61. The van der Waals surface area contributed by atoms with Crippen LogP contribution in [0.15, 0.2) is 28.2 Å². The number of aromatic nitrogens is 1. The number of carbonyl (C=O) groups excluding carboxylic acids is 2. The molecule has 2 aromatic rings. The molecule has 4 heterocycles. The van der Waals surface area contributed by atoms with Crippen LogP contribution in [0, 0.1) is 6.92 Å². The van der Waals surface area contributed by atoms with Crippen molar-refractivity contribution in [3.63, 3.8) is 0 Å². The van der Waals surface area contributed by atoms with Gasteiger partial charge in [-0.15, -0.1) is 11.3 Å². The molecule has 2 bridgehead atoms. The summed E-state index contributed by atoms with van der Waals surface area (Å²) >= 11 is 1.49. The van der Waals surface area contributed by atoms with Crippen LogP contribution in [-0.4, -0.2) is 40.0 Å². The van der Waals surface area contributed by atoms with E-state index in [1.807, 2.05) is 23.3 Å². The Labute approximate surface area is 137 Å². The number of nitrogens with one attached hydrogen (secondary N) is 1. The summed E-state index contributed by atoms with van der Waals surface area (Å²) in [4.78, 5) is 27.8. The molecular weight excluding hydrogens is 314 g/mol. The van der Waals surface area contributed by atoms with E-state index in [9.17, 15) is 9.59 Å². The molecule has 2 aliphatic heterocycles. The van der Waals surface area contributed by atoms with Crippen molar-refractivity contribution in [2.75, 3.05) is 0 Å². The van der Waals surface area contributed by atoms with Crippen LogP contribution in [0.5, 0.6) is 0 Å². The van der Waals surface area contributed by atoms with Crippen LogP contribution in [0.2, 0.25) is 0 Å². The number of hydrogen-bond acceptors (Lipinski definition) is 5. The van der Waals surface area contributed by atoms with Crippen LogP contribution in [0.1, 0.15) is 45.1 Å². The standard InChI is InChI=1S/C16H17N3O3S/c1-9-5-7-23-14(9)16(21)19-10-2-3-12(19)11(8-10)18-15(20)13-4-6-17-22-13/h4-7,10-12H,2-3,8H2,1H3,(H,18,20)/t10?,11-,12?/m0/s1. The number of fused-ring (bicyclic) bond motifs is 2. The number of thiophene rings is 1. The van der Waals surface area contributed by atoms with Gasteiger partial charge in [-0.3, -0.25) is 9.59 Å². The molecule has 2 amide bonds. The lowest BCUT2D eigenvalue weighted by molar-refractivity contribution is 0.0718. The summed E-state index contributed by atoms with van der Waals surface area (Å²) in [5.74, 6) is 0.0425. The molecule has 0 radical (unpaired) electrons. The van der Waals surface area contributed by atoms with Gasteiger partial charge in [0, 0.05) is 12.1 Å². The first-order chi connectivity index (χ1) is 11.1. The summed E-state index contributed by atoms with van der Waals surface area (Å²) in [5, 5.41) is 8.50. The van der Waals surface area contributed by atoms with Gasteiger partial charge in [-0.25, -0.2) is 0 Å². The van der Waals surface area contributed by atoms with E-state index in [0.717, 1.165) is 29.7 Å². The number of nitrogens with zero attached hydrogens (tertiary/aromatic N) is 2. The smallest absolute Gasteiger partial charge is 0.290 e. The Morgan fingerprint density at radius 2 is 2.26 bits per heavy atom. The van der Waals surface area contributed by atoms with E-state index in [1.54, 1.807) is 6.07 Å². The van der Waals surface area contributed by atoms with E-state index in [0.29, 0.717) is 0 Å². The van der Waals surface area contributed by atoms with Crippen LogP contribution in [0.4, 0.5) is 0 Å². The summed E-state index contributed by atoms with van der Waals surface area (Å²) in [5.41, 5.74) is 1.02. The van der Waals surface area contributed by atoms with Gasteiger partial charge in [0.1, 0.15) is 0 Å². The number of rotatable bonds is 3. The van der Waals surface area contributed by atoms with Gasteiger partial charge in [-0.05, 0) is 43.2 Å². The van der Waals surface area contributed by atoms with E-state index in [4.69, 9.17) is 4.52 Å². The highest BCUT2D eigenvalue weighted by atomic mass is 32.1. The molecular formula is C16H17N3O3S. The molecule has 2 fully saturated rings. The van der Waals surface area contributed by atoms with Gasteiger partial charge in [0.2, 0.25) is 5.76 Å². The van der Waals surface area contributed by atoms with E-state index in [1.165, 1.54) is 17.5 Å². The third-order valence-corrected chi connectivity index (χ3v) is 5.81. The molecule has 4 rings (SSSR count). The molecule has 2 aromatic heterocycles. The lowest BCUT2D eigenvalue weighted by Gasteiger charge is -2.24. The Balaban J connectivity index is 1.51. The maximum absolute atomic E-state index is 12.8. The average molecular weight is 331 g/mol. The first-order valence-corrected chi connectivity index (χ1v) is 8.61. The van der Waals surface area contributed by atoms with Crippen molar-refractivity contribution in [1.29, 1.82) is 0 Å². The fraction of sp³-hybridized carbons (Fsp3) is 0.438. The molecule has 0 spiro atoms. The number of hydrogen-bond donors (Lipinski definition) is 1. The minimum Gasteiger partial charge on any atom is -0.351 e. The number of aryl methyl sites for hydroxylation is 1. The van der Waals surface area contributed by atoms with Gasteiger partial charge in [-0.1, -0.05) is 5.16 Å². The summed E-state index contributed by atoms with van der Waals surface area (Å²) in [6.45, 7) is 1.96. The zero-order valence-corrected chi connectivity index (χ0v) is 13.5. The molecule has 2 aliphatic rings. The van der Waals surface area contributed by atoms with Crippen molar-refractivity contribution in [3.05, 3.63) is 39.9 Å². The maximum Gasteiger partial charge on any atom is 0.290 e. The molecule has 1 N–H and O–H groups in total. The topological polar surface area (TPSA) is 75.4 Å². The van der Waals surface area contributed by atoms with E-state index in [-0.39, 0.29) is 35.7 Å². The molecule has 120 valence electrons. The number of amides is 2. The van der Waals surface area contributed by atoms with Gasteiger partial charge in [0.15, 0.2) is 0 Å². The van der Waals surface area contributed by atoms with Crippen molar-refractivity contribution >= 4 is 23.2 Å². The minimum atomic E-state index is -0.264. The van der Waals surface area contributed by atoms with Crippen LogP contribution < -0.4 is 5.32 Å². The van der Waals surface area contributed by atoms with Gasteiger partial charge >= 0.3 is 0 Å². The minimum absolute atomic E-state index is 0.0180. The Bertz CT molecular complexity index is 740. The van der Waals surface area contributed by atoms with E-state index in [2.05, 4.69) is 10.5 Å². The molecule has 3 atom stereocenters. The Kier molecular flexibility index (Phi) is 3.45. The molecule has 0 saturated carbocycles. The van der Waals surface area contributed by atoms with Gasteiger partial charge in [0.05, 0.1) is 23.2 Å². The first kappa shape index (κ1) is 14.4. The first-order valence-electron chi connectivity index (χ1n) is 7.73. The zero-order chi connectivity index (χ0) is 16.0. The van der Waals surface area contributed by atoms with Crippen molar-refractivity contribution < 1.29 is 14.1 Å². The monoisotopic (exact) mass is 331 g/mol. The number of carbonyl (C=O) groups is 2. The van der Waals surface area contributed by atoms with Gasteiger partial charge in [-0.2, -0.15) is 0 Å². The van der Waals surface area contributed by atoms with E-state index >= 15 is 0 Å². The third-order valence-electron chi connectivity index (χ3n) is 4.81. The summed E-state index contributed by atoms with van der Waals surface area (Å²) in [6, 6.07) is 3.78. The lowest BCUT2D eigenvalue weighted by Crippen LogP contribution is -2.45. The van der Waals surface area contributed by atoms with Crippen LogP contribution in [-0.2, 0) is 0 Å². The predicted octanol–water partition coefficient (Wildman–Crippen LogP) is 2.22. The van der Waals surface area contributed by atoms with Crippen molar-refractivity contribution in [2.45, 2.75) is 44.3 Å². The Hall–Kier alpha value is -2.15. The van der Waals surface area contributed by atoms with Gasteiger partial charge in [0.25, 0.3) is 11.8 Å². The molecule has 6 nitrogen and oxygen atoms in total. The SMILES string of the molecule is Cc1ccsc1C(=O)N1C2CCC1[C@@H](NC(=O)c1ccno1)C2. The molecule has 0 aromatic carbocycles. The largest absolute Gasteiger partial charge is 0.351 e. The zero-order valence-electron chi connectivity index (χ0n) is 12.7. The Morgan fingerprint density at radius 1 is 1.39 bits per heavy atom. The lowest BCUT2D eigenvalue weighted by atomic mass is 9.95. The summed E-state index contributed by atoms with van der Waals surface area (Å²) in [7, 11) is 0. The second-order valence-corrected chi connectivity index (χ2v) is 7.05. The molecule has 2 saturated heterocycles. The summed E-state index contributed by atoms with van der Waals surface area (Å²) < 4.78 is 4.89. The molecule has 2 unspecified atom stereocenters. The maximum atomic E-state index is 12.8. The van der Waals surface area contributed by atoms with Crippen LogP contribution in [0.3, 0.4) is 0 Å². The quantitative estimate of drug-likeness (QED) is 0.936. The highest BCUT2D eigenvalue weighted by Gasteiger charge is 2.49. The van der Waals surface area contributed by atoms with Crippen LogP contribution >= 0.6 is 11.3 Å². The third kappa shape index (κ3) is 2.35. The summed E-state index contributed by atoms with van der Waals surface area (Å²) in [6.07, 6.45) is 4.20. The molecule has 0 aliphatic carbocycles. The molecule has 23 heavy (non-hydrogen) atoms. The predicted molar refractivity (Wildman–Crippen MR) is 84.4 cm³/mol. The fourth-order valence-electron chi connectivity index (χ4n) is 3.74. The van der Waals surface area contributed by atoms with E-state index < -0.39 is 0 Å². The van der Waals surface area contributed by atoms with Gasteiger partial charge < -0.3 is 14.7 Å². The average Bonchev–Trinajstić information content (AvgIpc) is 3.30. The second kappa shape index (κ2) is 5.49. The highest BCUT2D eigenvalue weighted by molar-refractivity contribution is 7.12. The normalized spacial score (nSPS) is 25.8. The van der Waals surface area contributed by atoms with Crippen molar-refractivity contribution in [3.8, 4) is 0 Å². The molecule has 7 heteroatoms. The van der Waals surface area contributed by atoms with Crippen molar-refractivity contribution in [1.82, 2.24) is 15.4 Å². The highest BCUT2D eigenvalue weighted by Crippen LogP contribution is 2.39. The second-order valence-electron chi connectivity index (χ2n) is 6.14. The van der Waals surface area contributed by atoms with Crippen LogP contribution in [0.25, 0.3) is 0 Å².